The molecule has 21 N–H and O–H groups in total. The van der Waals surface area contributed by atoms with Gasteiger partial charge in [0.25, 0.3) is 0 Å². The molecule has 0 aliphatic heterocycles. The van der Waals surface area contributed by atoms with Crippen LogP contribution in [-0.2, 0) is 52.7 Å². The van der Waals surface area contributed by atoms with Crippen molar-refractivity contribution in [1.82, 2.24) is 69.1 Å². The van der Waals surface area contributed by atoms with Crippen LogP contribution >= 0.6 is 0 Å². The van der Waals surface area contributed by atoms with Crippen LogP contribution in [0, 0.1) is 0 Å². The lowest BCUT2D eigenvalue weighted by molar-refractivity contribution is -0.127. The Hall–Kier alpha value is -5.91. The molecule has 0 aromatic heterocycles. The molecule has 0 aliphatic rings. The molecule has 57 heavy (non-hydrogen) atoms. The Morgan fingerprint density at radius 2 is 0.491 bits per heavy atom. The van der Waals surface area contributed by atoms with E-state index in [1.165, 1.54) is 0 Å². The topological polar surface area (TPSA) is 448 Å². The summed E-state index contributed by atoms with van der Waals surface area (Å²) in [5.74, 6) is -3.79. The number of amides is 10. The number of nitrogens with two attached hydrogens (primary N) is 4. The van der Waals surface area contributed by atoms with E-state index in [1.54, 1.807) is 28.1 Å². The highest BCUT2D eigenvalue weighted by Crippen LogP contribution is 1.70. The predicted molar refractivity (Wildman–Crippen MR) is 204 cm³/mol. The minimum Gasteiger partial charge on any atom is -0.346 e. The van der Waals surface area contributed by atoms with Crippen molar-refractivity contribution in [2.24, 2.45) is 22.9 Å². The van der Waals surface area contributed by atoms with Crippen molar-refractivity contribution in [3.05, 3.63) is 0 Å². The van der Waals surface area contributed by atoms with Crippen LogP contribution in [0.15, 0.2) is 0 Å². The molecule has 28 nitrogen and oxygen atoms in total. The maximum Gasteiger partial charge on any atom is 0.240 e. The number of likely N-dealkylation sites (N-methyl/N-ethyl adjacent to an activating group) is 3. The predicted octanol–water partition coefficient (Wildman–Crippen LogP) is -11.9. The molecule has 0 heterocycles. The van der Waals surface area contributed by atoms with Gasteiger partial charge in [-0.15, -0.1) is 0 Å². The van der Waals surface area contributed by atoms with E-state index in [0.717, 1.165) is 0 Å². The standard InChI is InChI=1S/C11H22N6O4.C9H18N6O4.C5H12N4O2.C4H9NO/c1-12-3-8(18)14-5-10(20)16-7-17-11(21)6-15-9(19)4-13-2;10-1-6(16)12-3-8(18)14-5-15-9(19)4-13-7(17)2-11;6-1-4(10)8-3-9-5(11)2-7;1-4(6)3-5-2/h12-13H,3-7H2,1-2H3,(H,14,18)(H,15,19)(H,16,20)(H,17,21);1-5,10-11H2,(H,12,16)(H,13,17)(H,14,18)(H,15,19);1-3,6-7H2,(H,8,10)(H,9,11);5H,3H2,1-2H3. The number of carbonyl (C=O) groups excluding carboxylic acids is 11. The monoisotopic (exact) mass is 823 g/mol. The highest BCUT2D eigenvalue weighted by Gasteiger charge is 2.08. The first-order chi connectivity index (χ1) is 27.0. The van der Waals surface area contributed by atoms with Gasteiger partial charge in [0.05, 0.1) is 92.0 Å². The van der Waals surface area contributed by atoms with Crippen molar-refractivity contribution < 1.29 is 52.7 Å². The van der Waals surface area contributed by atoms with E-state index in [1.807, 2.05) is 0 Å². The molecule has 28 heteroatoms. The Morgan fingerprint density at radius 3 is 0.684 bits per heavy atom. The van der Waals surface area contributed by atoms with Gasteiger partial charge >= 0.3 is 0 Å². The summed E-state index contributed by atoms with van der Waals surface area (Å²) in [6, 6.07) is 0. The summed E-state index contributed by atoms with van der Waals surface area (Å²) in [5.41, 5.74) is 20.0. The number of Topliss-reactive ketones (excluding diaryl/α,β-unsaturated/α-hetero) is 1. The van der Waals surface area contributed by atoms with Gasteiger partial charge < -0.3 is 92.1 Å². The maximum absolute atomic E-state index is 11.3. The Labute approximate surface area is 329 Å². The third kappa shape index (κ3) is 48.1. The first-order valence-electron chi connectivity index (χ1n) is 16.9. The smallest absolute Gasteiger partial charge is 0.240 e. The molecule has 10 amide bonds. The van der Waals surface area contributed by atoms with Gasteiger partial charge in [-0.05, 0) is 28.1 Å². The molecular weight excluding hydrogens is 762 g/mol. The average Bonchev–Trinajstić information content (AvgIpc) is 3.18. The molecule has 0 fully saturated rings. The molecule has 0 aliphatic carbocycles. The number of nitrogens with one attached hydrogen (secondary N) is 13. The van der Waals surface area contributed by atoms with Crippen LogP contribution in [-0.4, -0.2) is 178 Å². The molecule has 0 spiro atoms. The lowest BCUT2D eigenvalue weighted by Crippen LogP contribution is -2.46. The van der Waals surface area contributed by atoms with Gasteiger partial charge in [-0.3, -0.25) is 52.7 Å². The van der Waals surface area contributed by atoms with Crippen molar-refractivity contribution in [3.63, 3.8) is 0 Å². The second kappa shape index (κ2) is 41.3. The number of carbonyl (C=O) groups is 11. The Morgan fingerprint density at radius 1 is 0.298 bits per heavy atom. The molecular formula is C29H61N17O11. The van der Waals surface area contributed by atoms with Crippen molar-refractivity contribution in [2.75, 3.05) is 113 Å². The third-order valence-corrected chi connectivity index (χ3v) is 5.34. The van der Waals surface area contributed by atoms with E-state index in [9.17, 15) is 52.7 Å². The van der Waals surface area contributed by atoms with Crippen LogP contribution in [0.3, 0.4) is 0 Å². The van der Waals surface area contributed by atoms with Crippen LogP contribution in [0.5, 0.6) is 0 Å². The Kier molecular flexibility index (Phi) is 41.8. The Bertz CT molecular complexity index is 1170. The van der Waals surface area contributed by atoms with Gasteiger partial charge in [0, 0.05) is 0 Å². The zero-order chi connectivity index (χ0) is 44.4. The first-order valence-corrected chi connectivity index (χ1v) is 16.9. The van der Waals surface area contributed by atoms with Crippen LogP contribution in [0.4, 0.5) is 0 Å². The molecule has 328 valence electrons. The van der Waals surface area contributed by atoms with Crippen molar-refractivity contribution in [1.29, 1.82) is 0 Å². The lowest BCUT2D eigenvalue weighted by atomic mass is 10.5. The minimum absolute atomic E-state index is 0.0755. The summed E-state index contributed by atoms with van der Waals surface area (Å²) in [6.45, 7) is 0.786. The molecule has 0 rings (SSSR count). The van der Waals surface area contributed by atoms with Gasteiger partial charge in [-0.1, -0.05) is 0 Å². The highest BCUT2D eigenvalue weighted by atomic mass is 16.2. The average molecular weight is 824 g/mol. The van der Waals surface area contributed by atoms with Crippen LogP contribution < -0.4 is 92.1 Å². The lowest BCUT2D eigenvalue weighted by Gasteiger charge is -2.09. The second-order valence-electron chi connectivity index (χ2n) is 10.3. The summed E-state index contributed by atoms with van der Waals surface area (Å²) < 4.78 is 0. The second-order valence-corrected chi connectivity index (χ2v) is 10.3. The summed E-state index contributed by atoms with van der Waals surface area (Å²) in [4.78, 5) is 119. The summed E-state index contributed by atoms with van der Waals surface area (Å²) >= 11 is 0. The summed E-state index contributed by atoms with van der Waals surface area (Å²) in [7, 11) is 4.98. The van der Waals surface area contributed by atoms with Crippen molar-refractivity contribution in [2.45, 2.75) is 6.92 Å². The maximum atomic E-state index is 11.3. The summed E-state index contributed by atoms with van der Waals surface area (Å²) in [5, 5.41) is 31.4. The SMILES string of the molecule is CNCC(=O)NCC(=O)NCNC(=O)CNC(=O)CNC.CNCC(C)=O.NCC(=O)NCC(=O)NCNC(=O)CNC(=O)CN.NCC(=O)NCNC(=O)CN. The third-order valence-electron chi connectivity index (χ3n) is 5.34. The van der Waals surface area contributed by atoms with E-state index < -0.39 is 35.4 Å². The van der Waals surface area contributed by atoms with Gasteiger partial charge in [-0.2, -0.15) is 0 Å². The molecule has 0 saturated heterocycles. The first kappa shape index (κ1) is 57.8. The zero-order valence-electron chi connectivity index (χ0n) is 32.7. The number of hydrogen-bond donors (Lipinski definition) is 17. The highest BCUT2D eigenvalue weighted by molar-refractivity contribution is 5.88. The van der Waals surface area contributed by atoms with Crippen molar-refractivity contribution in [3.8, 4) is 0 Å². The van der Waals surface area contributed by atoms with E-state index in [-0.39, 0.29) is 115 Å². The van der Waals surface area contributed by atoms with Gasteiger partial charge in [-0.25, -0.2) is 0 Å². The molecule has 0 bridgehead atoms. The fourth-order valence-electron chi connectivity index (χ4n) is 2.67. The molecule has 0 radical (unpaired) electrons. The largest absolute Gasteiger partial charge is 0.346 e. The summed E-state index contributed by atoms with van der Waals surface area (Å²) in [6.07, 6.45) is 0. The van der Waals surface area contributed by atoms with E-state index in [2.05, 4.69) is 69.1 Å². The Balaban J connectivity index is -0.000000356. The van der Waals surface area contributed by atoms with Crippen LogP contribution in [0.1, 0.15) is 6.92 Å². The van der Waals surface area contributed by atoms with E-state index in [0.29, 0.717) is 6.54 Å². The molecule has 0 unspecified atom stereocenters. The number of rotatable bonds is 24. The quantitative estimate of drug-likeness (QED) is 0.0402. The van der Waals surface area contributed by atoms with Crippen LogP contribution in [0.2, 0.25) is 0 Å². The van der Waals surface area contributed by atoms with Gasteiger partial charge in [0.2, 0.25) is 59.1 Å². The molecule has 0 aromatic rings. The van der Waals surface area contributed by atoms with Gasteiger partial charge in [0.1, 0.15) is 5.78 Å². The molecule has 0 saturated carbocycles. The number of ketones is 1. The van der Waals surface area contributed by atoms with Gasteiger partial charge in [0.15, 0.2) is 0 Å². The van der Waals surface area contributed by atoms with E-state index in [4.69, 9.17) is 22.9 Å². The van der Waals surface area contributed by atoms with E-state index >= 15 is 0 Å². The minimum atomic E-state index is -0.479. The zero-order valence-corrected chi connectivity index (χ0v) is 32.7. The molecule has 0 aromatic carbocycles. The fraction of sp³-hybridized carbons (Fsp3) is 0.621. The normalized spacial score (nSPS) is 9.26. The van der Waals surface area contributed by atoms with Crippen molar-refractivity contribution >= 4 is 64.9 Å². The van der Waals surface area contributed by atoms with Crippen LogP contribution in [0.25, 0.3) is 0 Å². The fourth-order valence-corrected chi connectivity index (χ4v) is 2.67. The number of hydrogen-bond acceptors (Lipinski definition) is 18. The molecule has 0 atom stereocenters.